The van der Waals surface area contributed by atoms with Gasteiger partial charge in [0.1, 0.15) is 36.0 Å². The van der Waals surface area contributed by atoms with E-state index in [2.05, 4.69) is 37.9 Å². The largest absolute Gasteiger partial charge is 0.487 e. The average molecular weight is 492 g/mol. The van der Waals surface area contributed by atoms with Crippen LogP contribution in [0.4, 0.5) is 15.9 Å². The minimum atomic E-state index is -0.292. The number of anilines is 2. The summed E-state index contributed by atoms with van der Waals surface area (Å²) in [4.78, 5) is 14.7. The molecule has 1 aliphatic heterocycles. The summed E-state index contributed by atoms with van der Waals surface area (Å²) in [5.74, 6) is 1.42. The number of aromatic amines is 1. The Morgan fingerprint density at radius 2 is 2.06 bits per heavy atom. The van der Waals surface area contributed by atoms with Crippen LogP contribution in [-0.2, 0) is 6.61 Å². The van der Waals surface area contributed by atoms with Gasteiger partial charge in [-0.1, -0.05) is 29.8 Å². The van der Waals surface area contributed by atoms with Crippen molar-refractivity contribution in [1.29, 1.82) is 0 Å². The maximum atomic E-state index is 13.4. The Balaban J connectivity index is 1.32. The van der Waals surface area contributed by atoms with E-state index >= 15 is 0 Å². The van der Waals surface area contributed by atoms with Gasteiger partial charge in [0, 0.05) is 18.4 Å². The molecular weight excluding hydrogens is 465 g/mol. The van der Waals surface area contributed by atoms with Crippen molar-refractivity contribution in [3.8, 4) is 5.75 Å². The molecule has 5 rings (SSSR count). The molecule has 1 aliphatic rings. The Hall–Kier alpha value is -3.42. The lowest BCUT2D eigenvalue weighted by atomic mass is 9.89. The van der Waals surface area contributed by atoms with Crippen LogP contribution in [0.25, 0.3) is 11.0 Å². The number of halogens is 2. The number of likely N-dealkylation sites (tertiary alicyclic amines) is 1. The van der Waals surface area contributed by atoms with Gasteiger partial charge in [0.05, 0.1) is 10.4 Å². The molecule has 6 nitrogen and oxygen atoms in total. The van der Waals surface area contributed by atoms with Gasteiger partial charge in [0.15, 0.2) is 0 Å². The number of aromatic nitrogens is 3. The average Bonchev–Trinajstić information content (AvgIpc) is 3.30. The molecule has 0 unspecified atom stereocenters. The van der Waals surface area contributed by atoms with Gasteiger partial charge in [-0.15, -0.1) is 6.58 Å². The smallest absolute Gasteiger partial charge is 0.143 e. The molecule has 0 saturated carbocycles. The lowest BCUT2D eigenvalue weighted by Gasteiger charge is -2.31. The van der Waals surface area contributed by atoms with E-state index in [1.54, 1.807) is 24.5 Å². The van der Waals surface area contributed by atoms with Gasteiger partial charge in [-0.3, -0.25) is 4.90 Å². The molecule has 1 saturated heterocycles. The van der Waals surface area contributed by atoms with Crippen LogP contribution in [0.2, 0.25) is 5.02 Å². The molecule has 0 bridgehead atoms. The van der Waals surface area contributed by atoms with Gasteiger partial charge in [-0.2, -0.15) is 0 Å². The summed E-state index contributed by atoms with van der Waals surface area (Å²) >= 11 is 6.49. The topological polar surface area (TPSA) is 66.1 Å². The Morgan fingerprint density at radius 3 is 2.83 bits per heavy atom. The van der Waals surface area contributed by atoms with E-state index in [0.717, 1.165) is 60.6 Å². The van der Waals surface area contributed by atoms with Gasteiger partial charge >= 0.3 is 0 Å². The zero-order chi connectivity index (χ0) is 24.2. The number of piperidine rings is 1. The molecule has 3 heterocycles. The van der Waals surface area contributed by atoms with Gasteiger partial charge < -0.3 is 15.0 Å². The minimum Gasteiger partial charge on any atom is -0.487 e. The normalized spacial score (nSPS) is 14.8. The highest BCUT2D eigenvalue weighted by atomic mass is 35.5. The SMILES string of the molecule is C=CCN1CCC(c2c[nH]c3ncnc(Nc4ccc(OCc5cccc(F)c5)c(Cl)c4)c23)CC1. The maximum Gasteiger partial charge on any atom is 0.143 e. The van der Waals surface area contributed by atoms with Crippen molar-refractivity contribution >= 4 is 34.1 Å². The first-order chi connectivity index (χ1) is 17.1. The van der Waals surface area contributed by atoms with E-state index in [1.165, 1.54) is 17.7 Å². The van der Waals surface area contributed by atoms with Crippen LogP contribution >= 0.6 is 11.6 Å². The third-order valence-electron chi connectivity index (χ3n) is 6.39. The number of nitrogens with zero attached hydrogens (tertiary/aromatic N) is 3. The molecule has 2 aromatic carbocycles. The zero-order valence-corrected chi connectivity index (χ0v) is 20.1. The van der Waals surface area contributed by atoms with Gasteiger partial charge in [0.25, 0.3) is 0 Å². The molecule has 4 aromatic rings. The van der Waals surface area contributed by atoms with Crippen molar-refractivity contribution in [2.24, 2.45) is 0 Å². The second-order valence-electron chi connectivity index (χ2n) is 8.74. The molecule has 0 atom stereocenters. The third kappa shape index (κ3) is 5.31. The zero-order valence-electron chi connectivity index (χ0n) is 19.3. The molecule has 0 spiro atoms. The minimum absolute atomic E-state index is 0.231. The molecule has 0 amide bonds. The summed E-state index contributed by atoms with van der Waals surface area (Å²) in [6.07, 6.45) is 7.74. The van der Waals surface area contributed by atoms with Crippen LogP contribution in [0.1, 0.15) is 29.9 Å². The summed E-state index contributed by atoms with van der Waals surface area (Å²) in [5, 5.41) is 4.88. The van der Waals surface area contributed by atoms with Crippen molar-refractivity contribution in [3.63, 3.8) is 0 Å². The van der Waals surface area contributed by atoms with Crippen molar-refractivity contribution in [1.82, 2.24) is 19.9 Å². The molecule has 0 aliphatic carbocycles. The highest BCUT2D eigenvalue weighted by Crippen LogP contribution is 2.37. The second-order valence-corrected chi connectivity index (χ2v) is 9.15. The van der Waals surface area contributed by atoms with E-state index in [9.17, 15) is 4.39 Å². The van der Waals surface area contributed by atoms with Gasteiger partial charge in [-0.25, -0.2) is 14.4 Å². The van der Waals surface area contributed by atoms with Crippen molar-refractivity contribution in [2.45, 2.75) is 25.4 Å². The van der Waals surface area contributed by atoms with Crippen LogP contribution < -0.4 is 10.1 Å². The standard InChI is InChI=1S/C27H27ClFN5O/c1-2-10-34-11-8-19(9-12-34)22-15-30-26-25(22)27(32-17-31-26)33-21-6-7-24(23(28)14-21)35-16-18-4-3-5-20(29)13-18/h2-7,13-15,17,19H,1,8-12,16H2,(H2,30,31,32,33). The molecular formula is C27H27ClFN5O. The first-order valence-electron chi connectivity index (χ1n) is 11.7. The van der Waals surface area contributed by atoms with Crippen LogP contribution in [-0.4, -0.2) is 39.5 Å². The fraction of sp³-hybridized carbons (Fsp3) is 0.259. The Labute approximate surface area is 208 Å². The Kier molecular flexibility index (Phi) is 6.97. The summed E-state index contributed by atoms with van der Waals surface area (Å²) in [5.41, 5.74) is 3.58. The highest BCUT2D eigenvalue weighted by Gasteiger charge is 2.24. The second kappa shape index (κ2) is 10.5. The van der Waals surface area contributed by atoms with Crippen LogP contribution in [0, 0.1) is 5.82 Å². The monoisotopic (exact) mass is 491 g/mol. The fourth-order valence-electron chi connectivity index (χ4n) is 4.63. The Morgan fingerprint density at radius 1 is 1.20 bits per heavy atom. The summed E-state index contributed by atoms with van der Waals surface area (Å²) in [6, 6.07) is 11.8. The van der Waals surface area contributed by atoms with Crippen LogP contribution in [0.5, 0.6) is 5.75 Å². The van der Waals surface area contributed by atoms with Gasteiger partial charge in [-0.05, 0) is 73.3 Å². The number of hydrogen-bond acceptors (Lipinski definition) is 5. The molecule has 1 fully saturated rings. The van der Waals surface area contributed by atoms with Crippen molar-refractivity contribution < 1.29 is 9.13 Å². The highest BCUT2D eigenvalue weighted by molar-refractivity contribution is 6.32. The number of nitrogens with one attached hydrogen (secondary N) is 2. The predicted octanol–water partition coefficient (Wildman–Crippen LogP) is 6.44. The summed E-state index contributed by atoms with van der Waals surface area (Å²) in [7, 11) is 0. The first-order valence-corrected chi connectivity index (χ1v) is 12.1. The van der Waals surface area contributed by atoms with Crippen molar-refractivity contribution in [2.75, 3.05) is 25.0 Å². The van der Waals surface area contributed by atoms with E-state index in [1.807, 2.05) is 18.2 Å². The fourth-order valence-corrected chi connectivity index (χ4v) is 4.87. The van der Waals surface area contributed by atoms with E-state index in [0.29, 0.717) is 16.7 Å². The lowest BCUT2D eigenvalue weighted by Crippen LogP contribution is -2.32. The summed E-state index contributed by atoms with van der Waals surface area (Å²) in [6.45, 7) is 7.11. The van der Waals surface area contributed by atoms with Crippen LogP contribution in [0.15, 0.2) is 67.6 Å². The first kappa shape index (κ1) is 23.3. The lowest BCUT2D eigenvalue weighted by molar-refractivity contribution is 0.233. The molecule has 35 heavy (non-hydrogen) atoms. The summed E-state index contributed by atoms with van der Waals surface area (Å²) < 4.78 is 19.2. The number of fused-ring (bicyclic) bond motifs is 1. The van der Waals surface area contributed by atoms with Crippen LogP contribution in [0.3, 0.4) is 0 Å². The molecule has 180 valence electrons. The van der Waals surface area contributed by atoms with E-state index in [-0.39, 0.29) is 12.4 Å². The van der Waals surface area contributed by atoms with E-state index in [4.69, 9.17) is 16.3 Å². The Bertz CT molecular complexity index is 1330. The maximum absolute atomic E-state index is 13.4. The molecule has 8 heteroatoms. The molecule has 0 radical (unpaired) electrons. The number of rotatable bonds is 8. The number of hydrogen-bond donors (Lipinski definition) is 2. The van der Waals surface area contributed by atoms with E-state index < -0.39 is 0 Å². The molecule has 2 N–H and O–H groups in total. The quantitative estimate of drug-likeness (QED) is 0.278. The third-order valence-corrected chi connectivity index (χ3v) is 6.69. The van der Waals surface area contributed by atoms with Crippen molar-refractivity contribution in [3.05, 3.63) is 89.6 Å². The number of benzene rings is 2. The van der Waals surface area contributed by atoms with Gasteiger partial charge in [0.2, 0.25) is 0 Å². The number of ether oxygens (including phenoxy) is 1. The number of H-pyrrole nitrogens is 1. The predicted molar refractivity (Wildman–Crippen MR) is 138 cm³/mol. The molecule has 2 aromatic heterocycles.